The van der Waals surface area contributed by atoms with Crippen LogP contribution in [0.4, 0.5) is 0 Å². The van der Waals surface area contributed by atoms with Crippen molar-refractivity contribution in [2.24, 2.45) is 0 Å². The van der Waals surface area contributed by atoms with Crippen molar-refractivity contribution in [3.05, 3.63) is 62.5 Å². The minimum Gasteiger partial charge on any atom is -0.482 e. The molecule has 2 amide bonds. The van der Waals surface area contributed by atoms with Gasteiger partial charge in [0.25, 0.3) is 5.91 Å². The fourth-order valence-corrected chi connectivity index (χ4v) is 3.23. The van der Waals surface area contributed by atoms with Crippen LogP contribution in [0.15, 0.2) is 46.9 Å². The van der Waals surface area contributed by atoms with Gasteiger partial charge in [0.15, 0.2) is 6.61 Å². The van der Waals surface area contributed by atoms with E-state index in [9.17, 15) is 9.59 Å². The monoisotopic (exact) mass is 486 g/mol. The molecular formula is C20H21BrCl2N2O3. The fraction of sp³-hybridized carbons (Fsp3) is 0.300. The van der Waals surface area contributed by atoms with E-state index in [1.165, 1.54) is 4.90 Å². The van der Waals surface area contributed by atoms with Crippen molar-refractivity contribution in [3.8, 4) is 5.75 Å². The van der Waals surface area contributed by atoms with Crippen LogP contribution in [0.5, 0.6) is 5.75 Å². The number of hydrogen-bond donors (Lipinski definition) is 1. The van der Waals surface area contributed by atoms with Gasteiger partial charge in [-0.05, 0) is 49.7 Å². The Balaban J connectivity index is 2.15. The van der Waals surface area contributed by atoms with Gasteiger partial charge in [0.2, 0.25) is 5.91 Å². The Morgan fingerprint density at radius 1 is 1.18 bits per heavy atom. The number of hydrogen-bond acceptors (Lipinski definition) is 3. The zero-order chi connectivity index (χ0) is 20.7. The SMILES string of the molecule is CCNC(=O)[C@@H](C)N(Cc1ccc(Br)cc1)C(=O)COc1ccc(Cl)cc1Cl. The molecule has 0 bridgehead atoms. The number of ether oxygens (including phenoxy) is 1. The zero-order valence-electron chi connectivity index (χ0n) is 15.5. The average Bonchev–Trinajstić information content (AvgIpc) is 2.66. The molecule has 8 heteroatoms. The quantitative estimate of drug-likeness (QED) is 0.587. The Labute approximate surface area is 183 Å². The number of rotatable bonds is 8. The lowest BCUT2D eigenvalue weighted by molar-refractivity contribution is -0.142. The molecule has 0 spiro atoms. The van der Waals surface area contributed by atoms with Crippen LogP contribution in [0, 0.1) is 0 Å². The van der Waals surface area contributed by atoms with Crippen LogP contribution in [0.2, 0.25) is 10.0 Å². The first-order chi connectivity index (χ1) is 13.3. The number of amides is 2. The average molecular weight is 488 g/mol. The maximum Gasteiger partial charge on any atom is 0.261 e. The van der Waals surface area contributed by atoms with Crippen LogP contribution in [0.3, 0.4) is 0 Å². The third-order valence-electron chi connectivity index (χ3n) is 4.03. The lowest BCUT2D eigenvalue weighted by atomic mass is 10.1. The van der Waals surface area contributed by atoms with E-state index in [1.54, 1.807) is 25.1 Å². The highest BCUT2D eigenvalue weighted by Gasteiger charge is 2.26. The van der Waals surface area contributed by atoms with Gasteiger partial charge in [-0.3, -0.25) is 9.59 Å². The number of halogens is 3. The Hall–Kier alpha value is -1.76. The maximum atomic E-state index is 12.9. The molecule has 0 radical (unpaired) electrons. The first kappa shape index (κ1) is 22.5. The molecule has 1 atom stereocenters. The zero-order valence-corrected chi connectivity index (χ0v) is 18.6. The molecule has 2 aromatic rings. The maximum absolute atomic E-state index is 12.9. The molecule has 0 aliphatic rings. The second-order valence-electron chi connectivity index (χ2n) is 6.08. The molecular weight excluding hydrogens is 467 g/mol. The van der Waals surface area contributed by atoms with E-state index in [-0.39, 0.29) is 25.0 Å². The van der Waals surface area contributed by atoms with Gasteiger partial charge in [0.1, 0.15) is 11.8 Å². The van der Waals surface area contributed by atoms with E-state index in [4.69, 9.17) is 27.9 Å². The van der Waals surface area contributed by atoms with Gasteiger partial charge in [-0.2, -0.15) is 0 Å². The van der Waals surface area contributed by atoms with Gasteiger partial charge in [-0.25, -0.2) is 0 Å². The van der Waals surface area contributed by atoms with Crippen molar-refractivity contribution in [1.29, 1.82) is 0 Å². The van der Waals surface area contributed by atoms with E-state index in [2.05, 4.69) is 21.2 Å². The number of benzene rings is 2. The van der Waals surface area contributed by atoms with E-state index >= 15 is 0 Å². The molecule has 2 aromatic carbocycles. The van der Waals surface area contributed by atoms with Crippen molar-refractivity contribution >= 4 is 50.9 Å². The molecule has 0 aliphatic carbocycles. The van der Waals surface area contributed by atoms with Crippen LogP contribution < -0.4 is 10.1 Å². The summed E-state index contributed by atoms with van der Waals surface area (Å²) in [4.78, 5) is 26.7. The van der Waals surface area contributed by atoms with Gasteiger partial charge in [-0.1, -0.05) is 51.3 Å². The predicted molar refractivity (Wildman–Crippen MR) is 115 cm³/mol. The summed E-state index contributed by atoms with van der Waals surface area (Å²) in [5.41, 5.74) is 0.900. The molecule has 0 fully saturated rings. The van der Waals surface area contributed by atoms with Gasteiger partial charge in [0, 0.05) is 22.6 Å². The summed E-state index contributed by atoms with van der Waals surface area (Å²) in [7, 11) is 0. The predicted octanol–water partition coefficient (Wildman–Crippen LogP) is 4.69. The van der Waals surface area contributed by atoms with Crippen molar-refractivity contribution in [1.82, 2.24) is 10.2 Å². The second kappa shape index (κ2) is 10.7. The molecule has 5 nitrogen and oxygen atoms in total. The van der Waals surface area contributed by atoms with Gasteiger partial charge in [0.05, 0.1) is 5.02 Å². The Morgan fingerprint density at radius 3 is 2.46 bits per heavy atom. The Kier molecular flexibility index (Phi) is 8.60. The number of likely N-dealkylation sites (N-methyl/N-ethyl adjacent to an activating group) is 1. The third kappa shape index (κ3) is 6.40. The van der Waals surface area contributed by atoms with Crippen LogP contribution in [0.1, 0.15) is 19.4 Å². The second-order valence-corrected chi connectivity index (χ2v) is 7.84. The molecule has 0 aliphatic heterocycles. The van der Waals surface area contributed by atoms with Crippen molar-refractivity contribution in [2.75, 3.05) is 13.2 Å². The minimum atomic E-state index is -0.652. The summed E-state index contributed by atoms with van der Waals surface area (Å²) in [5.74, 6) is -0.196. The highest BCUT2D eigenvalue weighted by atomic mass is 79.9. The lowest BCUT2D eigenvalue weighted by Crippen LogP contribution is -2.49. The van der Waals surface area contributed by atoms with E-state index in [1.807, 2.05) is 31.2 Å². The van der Waals surface area contributed by atoms with Crippen LogP contribution >= 0.6 is 39.1 Å². The smallest absolute Gasteiger partial charge is 0.261 e. The Bertz CT molecular complexity index is 831. The summed E-state index contributed by atoms with van der Waals surface area (Å²) >= 11 is 15.4. The lowest BCUT2D eigenvalue weighted by Gasteiger charge is -2.28. The molecule has 0 aromatic heterocycles. The summed E-state index contributed by atoms with van der Waals surface area (Å²) < 4.78 is 6.50. The number of carbonyl (C=O) groups is 2. The van der Waals surface area contributed by atoms with Crippen LogP contribution in [-0.2, 0) is 16.1 Å². The highest BCUT2D eigenvalue weighted by molar-refractivity contribution is 9.10. The largest absolute Gasteiger partial charge is 0.482 e. The van der Waals surface area contributed by atoms with E-state index in [0.29, 0.717) is 22.3 Å². The highest BCUT2D eigenvalue weighted by Crippen LogP contribution is 2.27. The van der Waals surface area contributed by atoms with Crippen molar-refractivity contribution in [2.45, 2.75) is 26.4 Å². The molecule has 0 unspecified atom stereocenters. The van der Waals surface area contributed by atoms with Crippen LogP contribution in [0.25, 0.3) is 0 Å². The van der Waals surface area contributed by atoms with Crippen molar-refractivity contribution in [3.63, 3.8) is 0 Å². The molecule has 28 heavy (non-hydrogen) atoms. The summed E-state index contributed by atoms with van der Waals surface area (Å²) in [5, 5.41) is 3.54. The van der Waals surface area contributed by atoms with Crippen LogP contribution in [-0.4, -0.2) is 35.9 Å². The minimum absolute atomic E-state index is 0.225. The van der Waals surface area contributed by atoms with Gasteiger partial charge < -0.3 is 15.0 Å². The molecule has 0 saturated heterocycles. The molecule has 1 N–H and O–H groups in total. The molecule has 0 saturated carbocycles. The summed E-state index contributed by atoms with van der Waals surface area (Å²) in [6, 6.07) is 11.7. The van der Waals surface area contributed by atoms with Gasteiger partial charge >= 0.3 is 0 Å². The first-order valence-corrected chi connectivity index (χ1v) is 10.3. The summed E-state index contributed by atoms with van der Waals surface area (Å²) in [6.07, 6.45) is 0. The molecule has 2 rings (SSSR count). The third-order valence-corrected chi connectivity index (χ3v) is 5.09. The summed E-state index contributed by atoms with van der Waals surface area (Å²) in [6.45, 7) is 4.04. The molecule has 0 heterocycles. The molecule has 150 valence electrons. The number of nitrogens with one attached hydrogen (secondary N) is 1. The first-order valence-electron chi connectivity index (χ1n) is 8.71. The van der Waals surface area contributed by atoms with E-state index < -0.39 is 6.04 Å². The van der Waals surface area contributed by atoms with Gasteiger partial charge in [-0.15, -0.1) is 0 Å². The Morgan fingerprint density at radius 2 is 1.86 bits per heavy atom. The van der Waals surface area contributed by atoms with E-state index in [0.717, 1.165) is 10.0 Å². The number of nitrogens with zero attached hydrogens (tertiary/aromatic N) is 1. The normalized spacial score (nSPS) is 11.6. The number of carbonyl (C=O) groups excluding carboxylic acids is 2. The fourth-order valence-electron chi connectivity index (χ4n) is 2.51. The topological polar surface area (TPSA) is 58.6 Å². The van der Waals surface area contributed by atoms with Crippen molar-refractivity contribution < 1.29 is 14.3 Å². The standard InChI is InChI=1S/C20H21BrCl2N2O3/c1-3-24-20(27)13(2)25(11-14-4-6-15(21)7-5-14)19(26)12-28-18-9-8-16(22)10-17(18)23/h4-10,13H,3,11-12H2,1-2H3,(H,24,27)/t13-/m1/s1.